The maximum Gasteiger partial charge on any atom is 0.137 e. The summed E-state index contributed by atoms with van der Waals surface area (Å²) in [4.78, 5) is 0. The Labute approximate surface area is 181 Å². The predicted octanol–water partition coefficient (Wildman–Crippen LogP) is 6.45. The minimum atomic E-state index is -0.871. The number of benzene rings is 3. The van der Waals surface area contributed by atoms with Gasteiger partial charge in [-0.15, -0.1) is 0 Å². The van der Waals surface area contributed by atoms with E-state index in [2.05, 4.69) is 33.8 Å². The normalized spacial score (nSPS) is 20.7. The number of fused-ring (bicyclic) bond motifs is 8. The largest absolute Gasteiger partial charge is 0.492 e. The Hall–Kier alpha value is -2.52. The van der Waals surface area contributed by atoms with E-state index in [1.807, 2.05) is 51.1 Å². The van der Waals surface area contributed by atoms with Gasteiger partial charge in [-0.25, -0.2) is 0 Å². The van der Waals surface area contributed by atoms with Gasteiger partial charge in [-0.2, -0.15) is 0 Å². The van der Waals surface area contributed by atoms with E-state index in [0.717, 1.165) is 39.0 Å². The molecule has 2 aliphatic rings. The van der Waals surface area contributed by atoms with Gasteiger partial charge in [0.05, 0.1) is 5.50 Å². The zero-order valence-electron chi connectivity index (χ0n) is 19.0. The SMILES string of the molecule is CC.[B]C1(C)C=Cc2c3c(c4c(C)c(C)c(C)c(C)c4c2O1)-c1ccccc1C3O. The molecule has 2 atom stereocenters. The summed E-state index contributed by atoms with van der Waals surface area (Å²) in [6.45, 7) is 14.5. The zero-order chi connectivity index (χ0) is 22.0. The molecule has 0 spiro atoms. The second-order valence-electron chi connectivity index (χ2n) is 8.39. The quantitative estimate of drug-likeness (QED) is 0.443. The topological polar surface area (TPSA) is 29.5 Å². The lowest BCUT2D eigenvalue weighted by Gasteiger charge is -2.33. The van der Waals surface area contributed by atoms with E-state index in [1.165, 1.54) is 27.6 Å². The van der Waals surface area contributed by atoms with Crippen LogP contribution in [0.3, 0.4) is 0 Å². The highest BCUT2D eigenvalue weighted by Crippen LogP contribution is 2.55. The van der Waals surface area contributed by atoms with Crippen LogP contribution in [-0.2, 0) is 0 Å². The Morgan fingerprint density at radius 1 is 0.933 bits per heavy atom. The molecule has 0 fully saturated rings. The van der Waals surface area contributed by atoms with E-state index in [-0.39, 0.29) is 0 Å². The van der Waals surface area contributed by atoms with Crippen molar-refractivity contribution in [1.82, 2.24) is 0 Å². The van der Waals surface area contributed by atoms with Crippen LogP contribution in [0.4, 0.5) is 0 Å². The lowest BCUT2D eigenvalue weighted by atomic mass is 9.78. The van der Waals surface area contributed by atoms with Gasteiger partial charge in [0.2, 0.25) is 0 Å². The molecule has 2 unspecified atom stereocenters. The van der Waals surface area contributed by atoms with Crippen LogP contribution in [0.25, 0.3) is 28.0 Å². The molecule has 3 aromatic rings. The van der Waals surface area contributed by atoms with Crippen LogP contribution < -0.4 is 4.74 Å². The van der Waals surface area contributed by atoms with Gasteiger partial charge in [-0.3, -0.25) is 0 Å². The third-order valence-electron chi connectivity index (χ3n) is 6.67. The average molecular weight is 396 g/mol. The van der Waals surface area contributed by atoms with Crippen LogP contribution in [0.2, 0.25) is 0 Å². The number of hydrogen-bond acceptors (Lipinski definition) is 2. The minimum Gasteiger partial charge on any atom is -0.492 e. The highest BCUT2D eigenvalue weighted by Gasteiger charge is 2.37. The van der Waals surface area contributed by atoms with E-state index in [0.29, 0.717) is 0 Å². The number of aryl methyl sites for hydroxylation is 2. The summed E-state index contributed by atoms with van der Waals surface area (Å²) < 4.78 is 6.32. The van der Waals surface area contributed by atoms with E-state index < -0.39 is 11.6 Å². The van der Waals surface area contributed by atoms with Crippen molar-refractivity contribution in [3.63, 3.8) is 0 Å². The van der Waals surface area contributed by atoms with Gasteiger partial charge < -0.3 is 9.84 Å². The van der Waals surface area contributed by atoms with Crippen LogP contribution in [0, 0.1) is 27.7 Å². The standard InChI is InChI=1S/C25H23BO2.C2H6/c1-12-13(2)15(4)20-19(14(12)3)21-16-8-6-7-9-17(16)23(27)22(21)18-10-11-25(5,26)28-24(18)20;1-2/h6-11,23,27H,1-5H3;1-2H3. The molecule has 0 bridgehead atoms. The molecule has 5 rings (SSSR count). The fourth-order valence-electron chi connectivity index (χ4n) is 4.89. The Morgan fingerprint density at radius 2 is 1.53 bits per heavy atom. The van der Waals surface area contributed by atoms with Gasteiger partial charge in [-0.05, 0) is 78.9 Å². The van der Waals surface area contributed by atoms with Crippen molar-refractivity contribution in [2.24, 2.45) is 0 Å². The van der Waals surface area contributed by atoms with E-state index in [4.69, 9.17) is 12.6 Å². The average Bonchev–Trinajstić information content (AvgIpc) is 3.03. The maximum absolute atomic E-state index is 11.2. The summed E-state index contributed by atoms with van der Waals surface area (Å²) in [7, 11) is 6.33. The van der Waals surface area contributed by atoms with Crippen LogP contribution >= 0.6 is 0 Å². The second-order valence-corrected chi connectivity index (χ2v) is 8.39. The summed E-state index contributed by atoms with van der Waals surface area (Å²) in [5.74, 6) is 0.789. The molecule has 1 aliphatic heterocycles. The summed E-state index contributed by atoms with van der Waals surface area (Å²) in [5.41, 5.74) is 9.21. The lowest BCUT2D eigenvalue weighted by molar-refractivity contribution is 0.215. The Kier molecular flexibility index (Phi) is 4.86. The van der Waals surface area contributed by atoms with Gasteiger partial charge in [0.1, 0.15) is 19.7 Å². The summed E-state index contributed by atoms with van der Waals surface area (Å²) in [6.07, 6.45) is 3.23. The van der Waals surface area contributed by atoms with Gasteiger partial charge >= 0.3 is 0 Å². The first-order valence-corrected chi connectivity index (χ1v) is 10.8. The smallest absolute Gasteiger partial charge is 0.137 e. The molecular weight excluding hydrogens is 367 g/mol. The number of aliphatic hydroxyl groups is 1. The highest BCUT2D eigenvalue weighted by molar-refractivity contribution is 6.18. The number of hydrogen-bond donors (Lipinski definition) is 1. The van der Waals surface area contributed by atoms with Gasteiger partial charge in [0.15, 0.2) is 0 Å². The monoisotopic (exact) mass is 396 g/mol. The summed E-state index contributed by atoms with van der Waals surface area (Å²) in [6, 6.07) is 8.15. The molecule has 0 aromatic heterocycles. The Bertz CT molecular complexity index is 1220. The van der Waals surface area contributed by atoms with Crippen molar-refractivity contribution >= 4 is 24.7 Å². The maximum atomic E-state index is 11.2. The van der Waals surface area contributed by atoms with Crippen molar-refractivity contribution in [1.29, 1.82) is 0 Å². The number of rotatable bonds is 0. The Morgan fingerprint density at radius 3 is 2.20 bits per heavy atom. The third kappa shape index (κ3) is 2.68. The van der Waals surface area contributed by atoms with Crippen molar-refractivity contribution in [3.05, 3.63) is 69.3 Å². The van der Waals surface area contributed by atoms with Crippen LogP contribution in [-0.4, -0.2) is 18.5 Å². The van der Waals surface area contributed by atoms with Crippen molar-refractivity contribution < 1.29 is 9.84 Å². The molecule has 3 heteroatoms. The predicted molar refractivity (Wildman–Crippen MR) is 128 cm³/mol. The second kappa shape index (κ2) is 7.02. The minimum absolute atomic E-state index is 0.666. The number of aliphatic hydroxyl groups excluding tert-OH is 1. The summed E-state index contributed by atoms with van der Waals surface area (Å²) >= 11 is 0. The van der Waals surface area contributed by atoms with Crippen molar-refractivity contribution in [2.75, 3.05) is 0 Å². The van der Waals surface area contributed by atoms with Crippen LogP contribution in [0.15, 0.2) is 30.3 Å². The molecule has 2 nitrogen and oxygen atoms in total. The first-order chi connectivity index (χ1) is 14.2. The lowest BCUT2D eigenvalue weighted by Crippen LogP contribution is -2.32. The van der Waals surface area contributed by atoms with E-state index in [9.17, 15) is 5.11 Å². The summed E-state index contributed by atoms with van der Waals surface area (Å²) in [5, 5.41) is 13.5. The van der Waals surface area contributed by atoms with Crippen LogP contribution in [0.5, 0.6) is 5.75 Å². The van der Waals surface area contributed by atoms with E-state index in [1.54, 1.807) is 0 Å². The van der Waals surface area contributed by atoms with Crippen LogP contribution in [0.1, 0.15) is 65.8 Å². The highest BCUT2D eigenvalue weighted by atomic mass is 16.5. The molecule has 3 aromatic carbocycles. The zero-order valence-corrected chi connectivity index (χ0v) is 19.0. The van der Waals surface area contributed by atoms with Gasteiger partial charge in [0.25, 0.3) is 0 Å². The number of ether oxygens (including phenoxy) is 1. The molecule has 0 saturated carbocycles. The Balaban J connectivity index is 0.00000106. The third-order valence-corrected chi connectivity index (χ3v) is 6.67. The molecule has 2 radical (unpaired) electrons. The molecule has 0 amide bonds. The van der Waals surface area contributed by atoms with Crippen molar-refractivity contribution in [2.45, 2.75) is 60.1 Å². The van der Waals surface area contributed by atoms with Crippen molar-refractivity contribution in [3.8, 4) is 16.9 Å². The molecule has 1 aliphatic carbocycles. The molecule has 152 valence electrons. The first-order valence-electron chi connectivity index (χ1n) is 10.8. The molecular formula is C27H29BO2. The molecule has 30 heavy (non-hydrogen) atoms. The first kappa shape index (κ1) is 20.7. The molecule has 1 N–H and O–H groups in total. The fourth-order valence-corrected chi connectivity index (χ4v) is 4.89. The van der Waals surface area contributed by atoms with Gasteiger partial charge in [-0.1, -0.05) is 50.3 Å². The van der Waals surface area contributed by atoms with E-state index >= 15 is 0 Å². The fraction of sp³-hybridized carbons (Fsp3) is 0.333. The van der Waals surface area contributed by atoms with Gasteiger partial charge in [0, 0.05) is 16.5 Å². The molecule has 0 saturated heterocycles. The molecule has 1 heterocycles.